The van der Waals surface area contributed by atoms with Crippen LogP contribution in [-0.2, 0) is 4.79 Å². The van der Waals surface area contributed by atoms with Crippen molar-refractivity contribution in [1.29, 1.82) is 0 Å². The number of halogens is 1. The minimum atomic E-state index is -0.894. The summed E-state index contributed by atoms with van der Waals surface area (Å²) in [5.41, 5.74) is 0.775. The SMILES string of the molecule is C[C@@]1([C@@H]2CCC[C@H]2c2ccc(F)cc2)C[C@@H](O)C(=O)N1. The van der Waals surface area contributed by atoms with Gasteiger partial charge in [0.1, 0.15) is 11.9 Å². The van der Waals surface area contributed by atoms with E-state index in [9.17, 15) is 14.3 Å². The van der Waals surface area contributed by atoms with Gasteiger partial charge in [0.2, 0.25) is 5.91 Å². The molecule has 2 N–H and O–H groups in total. The molecule has 0 radical (unpaired) electrons. The predicted molar refractivity (Wildman–Crippen MR) is 73.7 cm³/mol. The number of aliphatic hydroxyl groups is 1. The standard InChI is InChI=1S/C16H20FNO2/c1-16(9-14(19)15(20)18-16)13-4-2-3-12(13)10-5-7-11(17)8-6-10/h5-8,12-14,19H,2-4,9H2,1H3,(H,18,20)/t12-,13+,14+,16-/m0/s1. The van der Waals surface area contributed by atoms with Gasteiger partial charge in [-0.2, -0.15) is 0 Å². The molecule has 1 heterocycles. The molecule has 1 aliphatic heterocycles. The second-order valence-corrected chi connectivity index (χ2v) is 6.32. The highest BCUT2D eigenvalue weighted by Gasteiger charge is 2.49. The van der Waals surface area contributed by atoms with E-state index in [1.54, 1.807) is 0 Å². The molecule has 0 unspecified atom stereocenters. The van der Waals surface area contributed by atoms with E-state index in [1.165, 1.54) is 12.1 Å². The fraction of sp³-hybridized carbons (Fsp3) is 0.562. The summed E-state index contributed by atoms with van der Waals surface area (Å²) in [6, 6.07) is 6.67. The molecule has 0 aromatic heterocycles. The summed E-state index contributed by atoms with van der Waals surface area (Å²) < 4.78 is 13.1. The van der Waals surface area contributed by atoms with Crippen molar-refractivity contribution in [2.75, 3.05) is 0 Å². The monoisotopic (exact) mass is 277 g/mol. The molecule has 1 aromatic carbocycles. The molecule has 2 aliphatic rings. The average molecular weight is 277 g/mol. The molecule has 3 rings (SSSR count). The summed E-state index contributed by atoms with van der Waals surface area (Å²) in [6.07, 6.45) is 2.76. The van der Waals surface area contributed by atoms with Crippen LogP contribution in [0.3, 0.4) is 0 Å². The number of benzene rings is 1. The maximum atomic E-state index is 13.1. The van der Waals surface area contributed by atoms with Gasteiger partial charge in [-0.3, -0.25) is 4.79 Å². The zero-order chi connectivity index (χ0) is 14.3. The fourth-order valence-corrected chi connectivity index (χ4v) is 3.99. The Morgan fingerprint density at radius 3 is 2.60 bits per heavy atom. The average Bonchev–Trinajstić information content (AvgIpc) is 2.97. The summed E-state index contributed by atoms with van der Waals surface area (Å²) in [6.45, 7) is 2.02. The Bertz CT molecular complexity index is 516. The number of nitrogens with one attached hydrogen (secondary N) is 1. The van der Waals surface area contributed by atoms with E-state index in [-0.39, 0.29) is 17.3 Å². The third-order valence-electron chi connectivity index (χ3n) is 4.96. The van der Waals surface area contributed by atoms with Crippen LogP contribution >= 0.6 is 0 Å². The van der Waals surface area contributed by atoms with Gasteiger partial charge in [-0.15, -0.1) is 0 Å². The lowest BCUT2D eigenvalue weighted by Gasteiger charge is -2.35. The molecule has 1 aromatic rings. The van der Waals surface area contributed by atoms with E-state index < -0.39 is 6.10 Å². The molecule has 1 aliphatic carbocycles. The predicted octanol–water partition coefficient (Wildman–Crippen LogP) is 2.35. The highest BCUT2D eigenvalue weighted by atomic mass is 19.1. The number of rotatable bonds is 2. The van der Waals surface area contributed by atoms with E-state index >= 15 is 0 Å². The molecule has 4 atom stereocenters. The summed E-state index contributed by atoms with van der Waals surface area (Å²) in [5, 5.41) is 12.7. The number of hydrogen-bond acceptors (Lipinski definition) is 2. The molecule has 1 saturated carbocycles. The van der Waals surface area contributed by atoms with Crippen molar-refractivity contribution < 1.29 is 14.3 Å². The van der Waals surface area contributed by atoms with Crippen molar-refractivity contribution in [3.8, 4) is 0 Å². The second kappa shape index (κ2) is 4.85. The summed E-state index contributed by atoms with van der Waals surface area (Å²) in [4.78, 5) is 11.6. The lowest BCUT2D eigenvalue weighted by molar-refractivity contribution is -0.126. The Balaban J connectivity index is 1.86. The van der Waals surface area contributed by atoms with Crippen molar-refractivity contribution in [2.24, 2.45) is 5.92 Å². The van der Waals surface area contributed by atoms with Crippen molar-refractivity contribution in [3.05, 3.63) is 35.6 Å². The zero-order valence-corrected chi connectivity index (χ0v) is 11.6. The van der Waals surface area contributed by atoms with E-state index in [2.05, 4.69) is 5.32 Å². The molecule has 1 saturated heterocycles. The van der Waals surface area contributed by atoms with Gasteiger partial charge in [-0.1, -0.05) is 18.6 Å². The number of aliphatic hydroxyl groups excluding tert-OH is 1. The second-order valence-electron chi connectivity index (χ2n) is 6.32. The van der Waals surface area contributed by atoms with Crippen molar-refractivity contribution in [3.63, 3.8) is 0 Å². The van der Waals surface area contributed by atoms with Gasteiger partial charge in [-0.05, 0) is 49.3 Å². The van der Waals surface area contributed by atoms with Gasteiger partial charge < -0.3 is 10.4 Å². The van der Waals surface area contributed by atoms with Crippen LogP contribution in [0.25, 0.3) is 0 Å². The van der Waals surface area contributed by atoms with E-state index in [4.69, 9.17) is 0 Å². The van der Waals surface area contributed by atoms with Crippen LogP contribution in [0.15, 0.2) is 24.3 Å². The van der Waals surface area contributed by atoms with E-state index in [1.807, 2.05) is 19.1 Å². The van der Waals surface area contributed by atoms with Crippen LogP contribution < -0.4 is 5.32 Å². The molecule has 1 amide bonds. The van der Waals surface area contributed by atoms with Gasteiger partial charge in [0, 0.05) is 12.0 Å². The van der Waals surface area contributed by atoms with Crippen LogP contribution in [0.5, 0.6) is 0 Å². The molecule has 20 heavy (non-hydrogen) atoms. The first-order valence-corrected chi connectivity index (χ1v) is 7.25. The highest BCUT2D eigenvalue weighted by Crippen LogP contribution is 2.47. The Morgan fingerprint density at radius 1 is 1.30 bits per heavy atom. The van der Waals surface area contributed by atoms with E-state index in [0.29, 0.717) is 18.3 Å². The van der Waals surface area contributed by atoms with Crippen LogP contribution in [-0.4, -0.2) is 22.7 Å². The number of hydrogen-bond donors (Lipinski definition) is 2. The van der Waals surface area contributed by atoms with Gasteiger partial charge >= 0.3 is 0 Å². The van der Waals surface area contributed by atoms with Crippen LogP contribution in [0, 0.1) is 11.7 Å². The fourth-order valence-electron chi connectivity index (χ4n) is 3.99. The van der Waals surface area contributed by atoms with E-state index in [0.717, 1.165) is 24.8 Å². The van der Waals surface area contributed by atoms with Gasteiger partial charge in [0.05, 0.1) is 0 Å². The summed E-state index contributed by atoms with van der Waals surface area (Å²) in [5.74, 6) is 0.136. The van der Waals surface area contributed by atoms with Gasteiger partial charge in [0.15, 0.2) is 0 Å². The Kier molecular flexibility index (Phi) is 3.28. The van der Waals surface area contributed by atoms with Crippen molar-refractivity contribution in [2.45, 2.75) is 50.2 Å². The smallest absolute Gasteiger partial charge is 0.249 e. The zero-order valence-electron chi connectivity index (χ0n) is 11.6. The minimum absolute atomic E-state index is 0.223. The maximum Gasteiger partial charge on any atom is 0.249 e. The number of carbonyl (C=O) groups excluding carboxylic acids is 1. The molecular formula is C16H20FNO2. The van der Waals surface area contributed by atoms with Crippen LogP contribution in [0.1, 0.15) is 44.1 Å². The molecule has 3 nitrogen and oxygen atoms in total. The Labute approximate surface area is 118 Å². The normalized spacial score (nSPS) is 37.1. The summed E-state index contributed by atoms with van der Waals surface area (Å²) in [7, 11) is 0. The van der Waals surface area contributed by atoms with Crippen molar-refractivity contribution >= 4 is 5.91 Å². The van der Waals surface area contributed by atoms with Gasteiger partial charge in [-0.25, -0.2) is 4.39 Å². The molecule has 108 valence electrons. The Morgan fingerprint density at radius 2 is 2.00 bits per heavy atom. The summed E-state index contributed by atoms with van der Waals surface area (Å²) >= 11 is 0. The largest absolute Gasteiger partial charge is 0.383 e. The maximum absolute atomic E-state index is 13.1. The highest BCUT2D eigenvalue weighted by molar-refractivity contribution is 5.84. The van der Waals surface area contributed by atoms with Crippen LogP contribution in [0.2, 0.25) is 0 Å². The van der Waals surface area contributed by atoms with Crippen molar-refractivity contribution in [1.82, 2.24) is 5.32 Å². The first-order valence-electron chi connectivity index (χ1n) is 7.25. The minimum Gasteiger partial charge on any atom is -0.383 e. The first-order chi connectivity index (χ1) is 9.49. The lowest BCUT2D eigenvalue weighted by Crippen LogP contribution is -2.46. The quantitative estimate of drug-likeness (QED) is 0.872. The molecule has 0 spiro atoms. The molecular weight excluding hydrogens is 257 g/mol. The lowest BCUT2D eigenvalue weighted by atomic mass is 9.75. The first kappa shape index (κ1) is 13.6. The molecule has 0 bridgehead atoms. The topological polar surface area (TPSA) is 49.3 Å². The van der Waals surface area contributed by atoms with Crippen LogP contribution in [0.4, 0.5) is 4.39 Å². The third-order valence-corrected chi connectivity index (χ3v) is 4.96. The number of amides is 1. The van der Waals surface area contributed by atoms with Gasteiger partial charge in [0.25, 0.3) is 0 Å². The molecule has 2 fully saturated rings. The Hall–Kier alpha value is -1.42. The third kappa shape index (κ3) is 2.22. The molecule has 4 heteroatoms. The number of carbonyl (C=O) groups is 1.